The monoisotopic (exact) mass is 340 g/mol. The molecular formula is C12H10BrClN4O. The molecule has 7 heteroatoms. The zero-order chi connectivity index (χ0) is 14.0. The molecule has 0 spiro atoms. The predicted octanol–water partition coefficient (Wildman–Crippen LogP) is 3.04. The molecule has 0 bridgehead atoms. The highest BCUT2D eigenvalue weighted by Crippen LogP contribution is 2.24. The average Bonchev–Trinajstić information content (AvgIpc) is 2.31. The zero-order valence-electron chi connectivity index (χ0n) is 9.95. The Morgan fingerprint density at radius 1 is 1.42 bits per heavy atom. The third-order valence-corrected chi connectivity index (χ3v) is 3.40. The van der Waals surface area contributed by atoms with Crippen molar-refractivity contribution in [3.8, 4) is 0 Å². The molecule has 19 heavy (non-hydrogen) atoms. The van der Waals surface area contributed by atoms with E-state index in [1.165, 1.54) is 0 Å². The maximum Gasteiger partial charge on any atom is 0.259 e. The van der Waals surface area contributed by atoms with Crippen LogP contribution in [0.1, 0.15) is 16.1 Å². The Morgan fingerprint density at radius 2 is 2.16 bits per heavy atom. The number of carbonyl (C=O) groups excluding carboxylic acids is 1. The summed E-state index contributed by atoms with van der Waals surface area (Å²) in [5.74, 6) is -0.204. The lowest BCUT2D eigenvalue weighted by atomic mass is 10.2. The van der Waals surface area contributed by atoms with E-state index >= 15 is 0 Å². The van der Waals surface area contributed by atoms with Crippen molar-refractivity contribution in [2.75, 3.05) is 11.1 Å². The van der Waals surface area contributed by atoms with Crippen LogP contribution in [0.15, 0.2) is 28.7 Å². The predicted molar refractivity (Wildman–Crippen MR) is 78.3 cm³/mol. The summed E-state index contributed by atoms with van der Waals surface area (Å²) < 4.78 is 0.534. The first-order valence-corrected chi connectivity index (χ1v) is 6.51. The lowest BCUT2D eigenvalue weighted by Crippen LogP contribution is -2.15. The van der Waals surface area contributed by atoms with Gasteiger partial charge in [0.25, 0.3) is 5.91 Å². The van der Waals surface area contributed by atoms with Gasteiger partial charge in [0.05, 0.1) is 10.0 Å². The van der Waals surface area contributed by atoms with Gasteiger partial charge in [-0.05, 0) is 41.1 Å². The van der Waals surface area contributed by atoms with Crippen LogP contribution in [0.2, 0.25) is 5.15 Å². The van der Waals surface area contributed by atoms with Crippen LogP contribution in [0.25, 0.3) is 0 Å². The fourth-order valence-corrected chi connectivity index (χ4v) is 2.16. The topological polar surface area (TPSA) is 80.9 Å². The lowest BCUT2D eigenvalue weighted by Gasteiger charge is -2.07. The van der Waals surface area contributed by atoms with Crippen molar-refractivity contribution in [2.45, 2.75) is 6.92 Å². The minimum absolute atomic E-state index is 0.157. The van der Waals surface area contributed by atoms with Gasteiger partial charge >= 0.3 is 0 Å². The molecule has 1 heterocycles. The van der Waals surface area contributed by atoms with Crippen molar-refractivity contribution in [1.82, 2.24) is 9.97 Å². The molecule has 1 aromatic heterocycles. The second kappa shape index (κ2) is 5.54. The molecule has 2 rings (SSSR count). The molecule has 0 radical (unpaired) electrons. The number of rotatable bonds is 2. The number of halogens is 2. The maximum atomic E-state index is 12.1. The highest BCUT2D eigenvalue weighted by Gasteiger charge is 2.13. The molecule has 0 aliphatic heterocycles. The summed E-state index contributed by atoms with van der Waals surface area (Å²) >= 11 is 9.07. The van der Waals surface area contributed by atoms with Gasteiger partial charge in [0, 0.05) is 11.4 Å². The van der Waals surface area contributed by atoms with Gasteiger partial charge in [0.1, 0.15) is 5.15 Å². The molecule has 1 amide bonds. The number of nitrogens with two attached hydrogens (primary N) is 1. The van der Waals surface area contributed by atoms with Gasteiger partial charge in [-0.1, -0.05) is 17.7 Å². The number of hydrogen-bond acceptors (Lipinski definition) is 4. The number of nitrogens with one attached hydrogen (secondary N) is 1. The highest BCUT2D eigenvalue weighted by molar-refractivity contribution is 9.10. The molecule has 0 aliphatic rings. The van der Waals surface area contributed by atoms with Crippen molar-refractivity contribution in [1.29, 1.82) is 0 Å². The van der Waals surface area contributed by atoms with Crippen molar-refractivity contribution in [3.63, 3.8) is 0 Å². The Kier molecular flexibility index (Phi) is 4.01. The van der Waals surface area contributed by atoms with Gasteiger partial charge < -0.3 is 5.73 Å². The third-order valence-electron chi connectivity index (χ3n) is 2.32. The molecular weight excluding hydrogens is 332 g/mol. The first-order valence-electron chi connectivity index (χ1n) is 5.34. The van der Waals surface area contributed by atoms with E-state index in [0.717, 1.165) is 0 Å². The lowest BCUT2D eigenvalue weighted by molar-refractivity contribution is 0.102. The molecule has 0 saturated carbocycles. The van der Waals surface area contributed by atoms with E-state index in [2.05, 4.69) is 31.2 Å². The quantitative estimate of drug-likeness (QED) is 0.650. The van der Waals surface area contributed by atoms with Gasteiger partial charge in [0.15, 0.2) is 0 Å². The number of amides is 1. The molecule has 0 fully saturated rings. The van der Waals surface area contributed by atoms with Crippen LogP contribution < -0.4 is 11.1 Å². The standard InChI is InChI=1S/C12H10BrClN4O/c1-6-5-9(14)17-12(16-6)18-11(19)7-3-2-4-8(15)10(7)13/h2-5H,15H2,1H3,(H,16,17,18,19). The Balaban J connectivity index is 2.28. The Bertz CT molecular complexity index is 627. The number of nitrogen functional groups attached to an aromatic ring is 1. The minimum atomic E-state index is -0.360. The smallest absolute Gasteiger partial charge is 0.259 e. The van der Waals surface area contributed by atoms with Crippen LogP contribution in [0.3, 0.4) is 0 Å². The van der Waals surface area contributed by atoms with Crippen molar-refractivity contribution < 1.29 is 4.79 Å². The van der Waals surface area contributed by atoms with E-state index in [-0.39, 0.29) is 17.0 Å². The van der Waals surface area contributed by atoms with E-state index in [0.29, 0.717) is 21.4 Å². The van der Waals surface area contributed by atoms with Crippen LogP contribution in [-0.2, 0) is 0 Å². The molecule has 0 unspecified atom stereocenters. The van der Waals surface area contributed by atoms with Gasteiger partial charge in [-0.2, -0.15) is 0 Å². The van der Waals surface area contributed by atoms with Crippen molar-refractivity contribution in [2.24, 2.45) is 0 Å². The molecule has 0 saturated heterocycles. The van der Waals surface area contributed by atoms with Crippen LogP contribution >= 0.6 is 27.5 Å². The molecule has 0 aliphatic carbocycles. The Hall–Kier alpha value is -1.66. The largest absolute Gasteiger partial charge is 0.398 e. The van der Waals surface area contributed by atoms with E-state index in [4.69, 9.17) is 17.3 Å². The average molecular weight is 342 g/mol. The second-order valence-electron chi connectivity index (χ2n) is 3.82. The number of anilines is 2. The molecule has 1 aromatic carbocycles. The van der Waals surface area contributed by atoms with E-state index in [1.807, 2.05) is 0 Å². The molecule has 98 valence electrons. The first kappa shape index (κ1) is 13.8. The van der Waals surface area contributed by atoms with Crippen LogP contribution in [0.5, 0.6) is 0 Å². The number of hydrogen-bond donors (Lipinski definition) is 2. The van der Waals surface area contributed by atoms with Gasteiger partial charge in [-0.3, -0.25) is 10.1 Å². The number of carbonyl (C=O) groups is 1. The molecule has 3 N–H and O–H groups in total. The summed E-state index contributed by atoms with van der Waals surface area (Å²) in [7, 11) is 0. The van der Waals surface area contributed by atoms with Crippen LogP contribution in [0, 0.1) is 6.92 Å². The zero-order valence-corrected chi connectivity index (χ0v) is 12.3. The highest BCUT2D eigenvalue weighted by atomic mass is 79.9. The summed E-state index contributed by atoms with van der Waals surface area (Å²) in [4.78, 5) is 20.1. The van der Waals surface area contributed by atoms with Gasteiger partial charge in [-0.25, -0.2) is 9.97 Å². The summed E-state index contributed by atoms with van der Waals surface area (Å²) in [5, 5.41) is 2.85. The van der Waals surface area contributed by atoms with E-state index in [1.54, 1.807) is 31.2 Å². The van der Waals surface area contributed by atoms with Gasteiger partial charge in [0.2, 0.25) is 5.95 Å². The van der Waals surface area contributed by atoms with E-state index in [9.17, 15) is 4.79 Å². The Morgan fingerprint density at radius 3 is 2.84 bits per heavy atom. The number of aryl methyl sites for hydroxylation is 1. The fourth-order valence-electron chi connectivity index (χ4n) is 1.48. The number of aromatic nitrogens is 2. The van der Waals surface area contributed by atoms with Crippen molar-refractivity contribution in [3.05, 3.63) is 45.1 Å². The normalized spacial score (nSPS) is 10.3. The summed E-state index contributed by atoms with van der Waals surface area (Å²) in [6, 6.07) is 6.64. The molecule has 5 nitrogen and oxygen atoms in total. The third kappa shape index (κ3) is 3.21. The SMILES string of the molecule is Cc1cc(Cl)nc(NC(=O)c2cccc(N)c2Br)n1. The minimum Gasteiger partial charge on any atom is -0.398 e. The maximum absolute atomic E-state index is 12.1. The fraction of sp³-hybridized carbons (Fsp3) is 0.0833. The van der Waals surface area contributed by atoms with Crippen molar-refractivity contribution >= 4 is 45.1 Å². The first-order chi connectivity index (χ1) is 8.97. The number of nitrogens with zero attached hydrogens (tertiary/aromatic N) is 2. The summed E-state index contributed by atoms with van der Waals surface area (Å²) in [6.45, 7) is 1.76. The molecule has 0 atom stereocenters. The summed E-state index contributed by atoms with van der Waals surface area (Å²) in [6.07, 6.45) is 0. The second-order valence-corrected chi connectivity index (χ2v) is 5.00. The Labute approximate surface area is 123 Å². The van der Waals surface area contributed by atoms with E-state index < -0.39 is 0 Å². The number of benzene rings is 1. The van der Waals surface area contributed by atoms with Gasteiger partial charge in [-0.15, -0.1) is 0 Å². The van der Waals surface area contributed by atoms with Crippen LogP contribution in [0.4, 0.5) is 11.6 Å². The van der Waals surface area contributed by atoms with Crippen LogP contribution in [-0.4, -0.2) is 15.9 Å². The molecule has 2 aromatic rings. The summed E-state index contributed by atoms with van der Waals surface area (Å²) in [5.41, 5.74) is 7.28.